The number of ketones is 1. The Morgan fingerprint density at radius 2 is 2.00 bits per heavy atom. The minimum Gasteiger partial charge on any atom is -0.378 e. The summed E-state index contributed by atoms with van der Waals surface area (Å²) in [4.78, 5) is 17.9. The average molecular weight is 274 g/mol. The lowest BCUT2D eigenvalue weighted by Crippen LogP contribution is -2.43. The van der Waals surface area contributed by atoms with Crippen LogP contribution < -0.4 is 0 Å². The molecule has 0 atom stereocenters. The predicted octanol–water partition coefficient (Wildman–Crippen LogP) is 2.01. The molecule has 0 aliphatic carbocycles. The number of thiocarbonyl (C=S) groups is 1. The monoisotopic (exact) mass is 274 g/mol. The molecule has 2 aromatic rings. The van der Waals surface area contributed by atoms with E-state index >= 15 is 0 Å². The number of morpholine rings is 1. The molecule has 1 aromatic carbocycles. The van der Waals surface area contributed by atoms with Crippen molar-refractivity contribution in [2.24, 2.45) is 0 Å². The molecule has 1 aliphatic rings. The van der Waals surface area contributed by atoms with Crippen LogP contribution in [0.3, 0.4) is 0 Å². The molecule has 1 aromatic heterocycles. The topological polar surface area (TPSA) is 45.3 Å². The highest BCUT2D eigenvalue weighted by atomic mass is 32.1. The number of para-hydroxylation sites is 1. The number of hydrogen-bond acceptors (Lipinski definition) is 3. The molecule has 5 heteroatoms. The number of carbonyl (C=O) groups is 1. The van der Waals surface area contributed by atoms with Crippen LogP contribution in [0.2, 0.25) is 0 Å². The zero-order chi connectivity index (χ0) is 13.2. The van der Waals surface area contributed by atoms with E-state index in [4.69, 9.17) is 17.0 Å². The highest BCUT2D eigenvalue weighted by molar-refractivity contribution is 7.82. The van der Waals surface area contributed by atoms with E-state index in [0.29, 0.717) is 36.9 Å². The van der Waals surface area contributed by atoms with Gasteiger partial charge in [0.15, 0.2) is 4.99 Å². The molecule has 0 amide bonds. The van der Waals surface area contributed by atoms with Gasteiger partial charge in [0.2, 0.25) is 5.78 Å². The number of aromatic amines is 1. The Labute approximate surface area is 116 Å². The second kappa shape index (κ2) is 5.11. The van der Waals surface area contributed by atoms with Gasteiger partial charge in [0.25, 0.3) is 0 Å². The normalized spacial score (nSPS) is 15.7. The van der Waals surface area contributed by atoms with Crippen LogP contribution in [0.25, 0.3) is 10.9 Å². The number of aromatic nitrogens is 1. The highest BCUT2D eigenvalue weighted by Crippen LogP contribution is 2.19. The van der Waals surface area contributed by atoms with Gasteiger partial charge < -0.3 is 14.6 Å². The van der Waals surface area contributed by atoms with Crippen LogP contribution in [0.1, 0.15) is 10.4 Å². The van der Waals surface area contributed by atoms with Crippen molar-refractivity contribution in [2.45, 2.75) is 0 Å². The van der Waals surface area contributed by atoms with E-state index in [1.54, 1.807) is 6.20 Å². The van der Waals surface area contributed by atoms with Crippen molar-refractivity contribution >= 4 is 33.9 Å². The summed E-state index contributed by atoms with van der Waals surface area (Å²) in [5.41, 5.74) is 1.60. The third-order valence-electron chi connectivity index (χ3n) is 3.33. The lowest BCUT2D eigenvalue weighted by atomic mass is 10.1. The molecule has 0 spiro atoms. The first-order valence-corrected chi connectivity index (χ1v) is 6.65. The first-order valence-electron chi connectivity index (χ1n) is 6.25. The third-order valence-corrected chi connectivity index (χ3v) is 3.77. The first kappa shape index (κ1) is 12.3. The summed E-state index contributed by atoms with van der Waals surface area (Å²) in [5, 5.41) is 0.920. The SMILES string of the molecule is O=C(C(=S)N1CCOCC1)c1c[nH]c2ccccc12. The Balaban J connectivity index is 1.89. The van der Waals surface area contributed by atoms with Gasteiger partial charge >= 0.3 is 0 Å². The fraction of sp³-hybridized carbons (Fsp3) is 0.286. The molecule has 2 heterocycles. The summed E-state index contributed by atoms with van der Waals surface area (Å²) in [6.07, 6.45) is 1.74. The maximum atomic E-state index is 12.5. The van der Waals surface area contributed by atoms with Crippen molar-refractivity contribution in [3.8, 4) is 0 Å². The maximum absolute atomic E-state index is 12.5. The Morgan fingerprint density at radius 3 is 2.79 bits per heavy atom. The lowest BCUT2D eigenvalue weighted by molar-refractivity contribution is 0.0671. The number of benzene rings is 1. The fourth-order valence-electron chi connectivity index (χ4n) is 2.28. The largest absolute Gasteiger partial charge is 0.378 e. The molecular formula is C14H14N2O2S. The lowest BCUT2D eigenvalue weighted by Gasteiger charge is -2.28. The van der Waals surface area contributed by atoms with Crippen molar-refractivity contribution in [2.75, 3.05) is 26.3 Å². The van der Waals surface area contributed by atoms with Gasteiger partial charge in [-0.25, -0.2) is 0 Å². The van der Waals surface area contributed by atoms with Crippen molar-refractivity contribution < 1.29 is 9.53 Å². The van der Waals surface area contributed by atoms with Gasteiger partial charge in [0.05, 0.1) is 18.8 Å². The maximum Gasteiger partial charge on any atom is 0.222 e. The molecule has 4 nitrogen and oxygen atoms in total. The molecule has 19 heavy (non-hydrogen) atoms. The summed E-state index contributed by atoms with van der Waals surface area (Å²) < 4.78 is 5.27. The van der Waals surface area contributed by atoms with Crippen LogP contribution in [0, 0.1) is 0 Å². The number of rotatable bonds is 2. The van der Waals surface area contributed by atoms with Crippen molar-refractivity contribution in [1.82, 2.24) is 9.88 Å². The molecule has 0 saturated carbocycles. The highest BCUT2D eigenvalue weighted by Gasteiger charge is 2.22. The van der Waals surface area contributed by atoms with Gasteiger partial charge in [-0.2, -0.15) is 0 Å². The van der Waals surface area contributed by atoms with Crippen LogP contribution in [-0.4, -0.2) is 47.0 Å². The molecule has 0 unspecified atom stereocenters. The molecule has 3 rings (SSSR count). The van der Waals surface area contributed by atoms with E-state index in [2.05, 4.69) is 4.98 Å². The van der Waals surface area contributed by atoms with Crippen LogP contribution in [-0.2, 0) is 4.74 Å². The van der Waals surface area contributed by atoms with Crippen molar-refractivity contribution in [3.63, 3.8) is 0 Å². The van der Waals surface area contributed by atoms with Gasteiger partial charge in [-0.1, -0.05) is 30.4 Å². The predicted molar refractivity (Wildman–Crippen MR) is 77.6 cm³/mol. The molecular weight excluding hydrogens is 260 g/mol. The smallest absolute Gasteiger partial charge is 0.222 e. The minimum atomic E-state index is -0.0886. The number of carbonyl (C=O) groups excluding carboxylic acids is 1. The Bertz CT molecular complexity index is 629. The Kier molecular flexibility index (Phi) is 3.31. The zero-order valence-corrected chi connectivity index (χ0v) is 11.2. The number of hydrogen-bond donors (Lipinski definition) is 1. The molecule has 1 fully saturated rings. The molecule has 1 N–H and O–H groups in total. The number of H-pyrrole nitrogens is 1. The summed E-state index contributed by atoms with van der Waals surface area (Å²) in [7, 11) is 0. The summed E-state index contributed by atoms with van der Waals surface area (Å²) in [5.74, 6) is -0.0886. The van der Waals surface area contributed by atoms with Crippen LogP contribution in [0.15, 0.2) is 30.5 Å². The minimum absolute atomic E-state index is 0.0886. The van der Waals surface area contributed by atoms with E-state index in [1.165, 1.54) is 0 Å². The number of ether oxygens (including phenoxy) is 1. The third kappa shape index (κ3) is 2.27. The Morgan fingerprint density at radius 1 is 1.26 bits per heavy atom. The van der Waals surface area contributed by atoms with Crippen LogP contribution in [0.5, 0.6) is 0 Å². The van der Waals surface area contributed by atoms with Gasteiger partial charge in [-0.15, -0.1) is 0 Å². The van der Waals surface area contributed by atoms with Crippen molar-refractivity contribution in [3.05, 3.63) is 36.0 Å². The first-order chi connectivity index (χ1) is 9.27. The standard InChI is InChI=1S/C14H14N2O2S/c17-13(14(19)16-5-7-18-8-6-16)11-9-15-12-4-2-1-3-10(11)12/h1-4,9,15H,5-8H2. The summed E-state index contributed by atoms with van der Waals surface area (Å²) in [6, 6.07) is 7.74. The Hall–Kier alpha value is -1.72. The molecule has 1 aliphatic heterocycles. The van der Waals surface area contributed by atoms with Gasteiger partial charge in [-0.05, 0) is 6.07 Å². The average Bonchev–Trinajstić information content (AvgIpc) is 2.90. The second-order valence-corrected chi connectivity index (χ2v) is 4.87. The quantitative estimate of drug-likeness (QED) is 0.672. The van der Waals surface area contributed by atoms with E-state index < -0.39 is 0 Å². The summed E-state index contributed by atoms with van der Waals surface area (Å²) >= 11 is 5.31. The molecule has 1 saturated heterocycles. The van der Waals surface area contributed by atoms with Crippen molar-refractivity contribution in [1.29, 1.82) is 0 Å². The van der Waals surface area contributed by atoms with Crippen LogP contribution in [0.4, 0.5) is 0 Å². The number of fused-ring (bicyclic) bond motifs is 1. The molecule has 0 bridgehead atoms. The van der Waals surface area contributed by atoms with E-state index in [0.717, 1.165) is 10.9 Å². The van der Waals surface area contributed by atoms with Gasteiger partial charge in [0, 0.05) is 30.2 Å². The number of nitrogens with zero attached hydrogens (tertiary/aromatic N) is 1. The molecule has 0 radical (unpaired) electrons. The number of nitrogens with one attached hydrogen (secondary N) is 1. The fourth-order valence-corrected chi connectivity index (χ4v) is 2.58. The zero-order valence-electron chi connectivity index (χ0n) is 10.4. The van der Waals surface area contributed by atoms with E-state index in [9.17, 15) is 4.79 Å². The van der Waals surface area contributed by atoms with E-state index in [-0.39, 0.29) is 5.78 Å². The van der Waals surface area contributed by atoms with Gasteiger partial charge in [0.1, 0.15) is 0 Å². The van der Waals surface area contributed by atoms with Crippen LogP contribution >= 0.6 is 12.2 Å². The number of Topliss-reactive ketones (excluding diaryl/α,β-unsaturated/α-hetero) is 1. The second-order valence-electron chi connectivity index (χ2n) is 4.48. The molecule has 98 valence electrons. The van der Waals surface area contributed by atoms with Gasteiger partial charge in [-0.3, -0.25) is 4.79 Å². The summed E-state index contributed by atoms with van der Waals surface area (Å²) in [6.45, 7) is 2.63. The van der Waals surface area contributed by atoms with E-state index in [1.807, 2.05) is 29.2 Å².